The second kappa shape index (κ2) is 4.82. The van der Waals surface area contributed by atoms with E-state index in [1.807, 2.05) is 6.07 Å². The molecule has 4 nitrogen and oxygen atoms in total. The van der Waals surface area contributed by atoms with E-state index in [9.17, 15) is 0 Å². The highest BCUT2D eigenvalue weighted by Gasteiger charge is 2.38. The van der Waals surface area contributed by atoms with Crippen LogP contribution in [0.15, 0.2) is 16.7 Å². The van der Waals surface area contributed by atoms with Crippen molar-refractivity contribution in [2.75, 3.05) is 31.7 Å². The van der Waals surface area contributed by atoms with Crippen molar-refractivity contribution in [3.63, 3.8) is 0 Å². The van der Waals surface area contributed by atoms with Crippen LogP contribution in [0.2, 0.25) is 0 Å². The summed E-state index contributed by atoms with van der Waals surface area (Å²) in [6.45, 7) is 0.902. The van der Waals surface area contributed by atoms with Crippen LogP contribution >= 0.6 is 15.9 Å². The molecule has 0 saturated heterocycles. The molecule has 0 unspecified atom stereocenters. The van der Waals surface area contributed by atoms with Gasteiger partial charge in [0.25, 0.3) is 0 Å². The third-order valence-corrected chi connectivity index (χ3v) is 4.14. The Balaban J connectivity index is 2.02. The minimum atomic E-state index is 0.279. The zero-order valence-electron chi connectivity index (χ0n) is 10.3. The molecule has 5 heteroatoms. The summed E-state index contributed by atoms with van der Waals surface area (Å²) >= 11 is 3.36. The molecule has 0 bridgehead atoms. The van der Waals surface area contributed by atoms with Crippen LogP contribution in [0, 0.1) is 0 Å². The first-order valence-electron chi connectivity index (χ1n) is 5.86. The molecular weight excluding hydrogens is 280 g/mol. The quantitative estimate of drug-likeness (QED) is 0.896. The number of pyridine rings is 1. The van der Waals surface area contributed by atoms with E-state index in [1.54, 1.807) is 6.20 Å². The first kappa shape index (κ1) is 12.6. The molecule has 0 spiro atoms. The average molecular weight is 299 g/mol. The zero-order valence-corrected chi connectivity index (χ0v) is 11.9. The largest absolute Gasteiger partial charge is 0.396 e. The molecule has 0 aromatic carbocycles. The maximum atomic E-state index is 5.92. The van der Waals surface area contributed by atoms with Gasteiger partial charge in [0.2, 0.25) is 0 Å². The normalized spacial score (nSPS) is 17.9. The Morgan fingerprint density at radius 3 is 2.71 bits per heavy atom. The van der Waals surface area contributed by atoms with E-state index in [4.69, 9.17) is 5.73 Å². The smallest absolute Gasteiger partial charge is 0.149 e. The molecule has 0 radical (unpaired) electrons. The van der Waals surface area contributed by atoms with E-state index >= 15 is 0 Å². The van der Waals surface area contributed by atoms with Crippen LogP contribution in [0.3, 0.4) is 0 Å². The van der Waals surface area contributed by atoms with Crippen LogP contribution in [0.5, 0.6) is 0 Å². The van der Waals surface area contributed by atoms with Crippen molar-refractivity contribution < 1.29 is 0 Å². The van der Waals surface area contributed by atoms with E-state index in [-0.39, 0.29) is 5.54 Å². The molecule has 1 aromatic rings. The van der Waals surface area contributed by atoms with Crippen LogP contribution in [0.1, 0.15) is 19.3 Å². The first-order valence-corrected chi connectivity index (χ1v) is 6.65. The Labute approximate surface area is 111 Å². The zero-order chi connectivity index (χ0) is 12.5. The van der Waals surface area contributed by atoms with Gasteiger partial charge in [0.15, 0.2) is 0 Å². The van der Waals surface area contributed by atoms with Gasteiger partial charge in [0, 0.05) is 22.8 Å². The van der Waals surface area contributed by atoms with Gasteiger partial charge in [-0.1, -0.05) is 0 Å². The SMILES string of the molecule is CN(C)C1(CNc2ncc(Br)cc2N)CCC1. The predicted octanol–water partition coefficient (Wildman–Crippen LogP) is 2.32. The lowest BCUT2D eigenvalue weighted by atomic mass is 9.75. The van der Waals surface area contributed by atoms with Crippen LogP contribution in [0.4, 0.5) is 11.5 Å². The number of hydrogen-bond acceptors (Lipinski definition) is 4. The summed E-state index contributed by atoms with van der Waals surface area (Å²) in [6, 6.07) is 1.87. The highest BCUT2D eigenvalue weighted by Crippen LogP contribution is 2.36. The molecule has 17 heavy (non-hydrogen) atoms. The molecule has 0 amide bonds. The second-order valence-corrected chi connectivity index (χ2v) is 5.83. The lowest BCUT2D eigenvalue weighted by Crippen LogP contribution is -2.54. The van der Waals surface area contributed by atoms with Gasteiger partial charge in [-0.05, 0) is 55.4 Å². The van der Waals surface area contributed by atoms with Gasteiger partial charge >= 0.3 is 0 Å². The van der Waals surface area contributed by atoms with E-state index in [2.05, 4.69) is 45.2 Å². The third-order valence-electron chi connectivity index (χ3n) is 3.70. The fraction of sp³-hybridized carbons (Fsp3) is 0.583. The highest BCUT2D eigenvalue weighted by molar-refractivity contribution is 9.10. The Morgan fingerprint density at radius 1 is 1.53 bits per heavy atom. The summed E-state index contributed by atoms with van der Waals surface area (Å²) in [6.07, 6.45) is 5.55. The Hall–Kier alpha value is -0.810. The molecule has 1 saturated carbocycles. The van der Waals surface area contributed by atoms with E-state index in [0.717, 1.165) is 16.8 Å². The molecule has 2 rings (SSSR count). The number of nitrogens with two attached hydrogens (primary N) is 1. The van der Waals surface area contributed by atoms with Gasteiger partial charge in [0.1, 0.15) is 5.82 Å². The van der Waals surface area contributed by atoms with E-state index < -0.39 is 0 Å². The Bertz CT molecular complexity index is 401. The minimum absolute atomic E-state index is 0.279. The molecule has 3 N–H and O–H groups in total. The van der Waals surface area contributed by atoms with Crippen molar-refractivity contribution in [2.24, 2.45) is 0 Å². The fourth-order valence-corrected chi connectivity index (χ4v) is 2.57. The van der Waals surface area contributed by atoms with Crippen molar-refractivity contribution in [1.82, 2.24) is 9.88 Å². The van der Waals surface area contributed by atoms with Crippen molar-refractivity contribution in [2.45, 2.75) is 24.8 Å². The number of anilines is 2. The highest BCUT2D eigenvalue weighted by atomic mass is 79.9. The standard InChI is InChI=1S/C12H19BrN4/c1-17(2)12(4-3-5-12)8-16-11-10(14)6-9(13)7-15-11/h6-7H,3-5,8,14H2,1-2H3,(H,15,16). The maximum Gasteiger partial charge on any atom is 0.149 e. The van der Waals surface area contributed by atoms with Gasteiger partial charge in [-0.15, -0.1) is 0 Å². The number of halogens is 1. The van der Waals surface area contributed by atoms with Crippen LogP contribution in [-0.2, 0) is 0 Å². The van der Waals surface area contributed by atoms with Crippen LogP contribution < -0.4 is 11.1 Å². The molecule has 1 heterocycles. The first-order chi connectivity index (χ1) is 8.03. The summed E-state index contributed by atoms with van der Waals surface area (Å²) in [4.78, 5) is 6.60. The topological polar surface area (TPSA) is 54.2 Å². The van der Waals surface area contributed by atoms with Gasteiger partial charge in [-0.25, -0.2) is 4.98 Å². The number of nitrogens with one attached hydrogen (secondary N) is 1. The maximum absolute atomic E-state index is 5.92. The van der Waals surface area contributed by atoms with Crippen molar-refractivity contribution in [3.05, 3.63) is 16.7 Å². The molecule has 1 aliphatic rings. The number of rotatable bonds is 4. The minimum Gasteiger partial charge on any atom is -0.396 e. The predicted molar refractivity (Wildman–Crippen MR) is 75.1 cm³/mol. The number of nitrogen functional groups attached to an aromatic ring is 1. The summed E-state index contributed by atoms with van der Waals surface area (Å²) in [7, 11) is 4.28. The summed E-state index contributed by atoms with van der Waals surface area (Å²) in [5.41, 5.74) is 6.88. The van der Waals surface area contributed by atoms with E-state index in [0.29, 0.717) is 5.69 Å². The summed E-state index contributed by atoms with van der Waals surface area (Å²) < 4.78 is 0.909. The van der Waals surface area contributed by atoms with Gasteiger partial charge in [-0.2, -0.15) is 0 Å². The molecule has 94 valence electrons. The average Bonchev–Trinajstić information content (AvgIpc) is 2.18. The van der Waals surface area contributed by atoms with Gasteiger partial charge in [0.05, 0.1) is 5.69 Å². The van der Waals surface area contributed by atoms with Crippen molar-refractivity contribution >= 4 is 27.4 Å². The molecule has 1 aliphatic carbocycles. The monoisotopic (exact) mass is 298 g/mol. The molecule has 1 fully saturated rings. The second-order valence-electron chi connectivity index (χ2n) is 4.92. The molecule has 0 aliphatic heterocycles. The van der Waals surface area contributed by atoms with Crippen molar-refractivity contribution in [1.29, 1.82) is 0 Å². The summed E-state index contributed by atoms with van der Waals surface area (Å²) in [5, 5.41) is 3.37. The molecule has 1 aromatic heterocycles. The Kier molecular flexibility index (Phi) is 3.58. The lowest BCUT2D eigenvalue weighted by molar-refractivity contribution is 0.0738. The molecular formula is C12H19BrN4. The number of hydrogen-bond donors (Lipinski definition) is 2. The number of nitrogens with zero attached hydrogens (tertiary/aromatic N) is 2. The Morgan fingerprint density at radius 2 is 2.24 bits per heavy atom. The van der Waals surface area contributed by atoms with Gasteiger partial charge < -0.3 is 16.0 Å². The van der Waals surface area contributed by atoms with Crippen LogP contribution in [-0.4, -0.2) is 36.1 Å². The lowest BCUT2D eigenvalue weighted by Gasteiger charge is -2.47. The molecule has 0 atom stereocenters. The third kappa shape index (κ3) is 2.55. The number of likely N-dealkylation sites (N-methyl/N-ethyl adjacent to an activating group) is 1. The van der Waals surface area contributed by atoms with E-state index in [1.165, 1.54) is 19.3 Å². The number of aromatic nitrogens is 1. The van der Waals surface area contributed by atoms with Crippen molar-refractivity contribution in [3.8, 4) is 0 Å². The van der Waals surface area contributed by atoms with Gasteiger partial charge in [-0.3, -0.25) is 0 Å². The fourth-order valence-electron chi connectivity index (χ4n) is 2.22. The summed E-state index contributed by atoms with van der Waals surface area (Å²) in [5.74, 6) is 0.779. The van der Waals surface area contributed by atoms with Crippen LogP contribution in [0.25, 0.3) is 0 Å².